The van der Waals surface area contributed by atoms with Gasteiger partial charge < -0.3 is 9.84 Å². The highest BCUT2D eigenvalue weighted by molar-refractivity contribution is 5.40. The van der Waals surface area contributed by atoms with E-state index in [4.69, 9.17) is 4.74 Å². The second-order valence-electron chi connectivity index (χ2n) is 3.65. The number of aliphatic hydroxyl groups excluding tert-OH is 1. The molecule has 0 aliphatic carbocycles. The topological polar surface area (TPSA) is 29.5 Å². The van der Waals surface area contributed by atoms with Gasteiger partial charge in [0.05, 0.1) is 13.2 Å². The number of benzene rings is 1. The van der Waals surface area contributed by atoms with Gasteiger partial charge in [0.2, 0.25) is 0 Å². The lowest BCUT2D eigenvalue weighted by molar-refractivity contribution is 0.184. The molecule has 1 N–H and O–H groups in total. The molecule has 78 valence electrons. The molecule has 14 heavy (non-hydrogen) atoms. The summed E-state index contributed by atoms with van der Waals surface area (Å²) in [6, 6.07) is 6.11. The summed E-state index contributed by atoms with van der Waals surface area (Å²) in [5.41, 5.74) is 2.32. The Labute approximate surface area is 85.5 Å². The number of ether oxygens (including phenoxy) is 1. The zero-order valence-electron chi connectivity index (χ0n) is 9.08. The van der Waals surface area contributed by atoms with Gasteiger partial charge in [0.1, 0.15) is 5.75 Å². The first kappa shape index (κ1) is 11.1. The summed E-state index contributed by atoms with van der Waals surface area (Å²) in [5.74, 6) is 0.952. The summed E-state index contributed by atoms with van der Waals surface area (Å²) in [5, 5.41) is 9.21. The Morgan fingerprint density at radius 2 is 2.14 bits per heavy atom. The van der Waals surface area contributed by atoms with Crippen molar-refractivity contribution in [3.05, 3.63) is 29.3 Å². The molecule has 1 rings (SSSR count). The van der Waals surface area contributed by atoms with Gasteiger partial charge >= 0.3 is 0 Å². The van der Waals surface area contributed by atoms with Crippen LogP contribution in [0.1, 0.15) is 24.5 Å². The number of methoxy groups -OCH3 is 1. The third-order valence-electron chi connectivity index (χ3n) is 2.33. The molecular weight excluding hydrogens is 176 g/mol. The molecule has 1 aromatic carbocycles. The van der Waals surface area contributed by atoms with E-state index in [9.17, 15) is 5.11 Å². The highest BCUT2D eigenvalue weighted by Crippen LogP contribution is 2.24. The van der Waals surface area contributed by atoms with Crippen molar-refractivity contribution in [3.8, 4) is 5.75 Å². The maximum Gasteiger partial charge on any atom is 0.124 e. The molecule has 0 aromatic heterocycles. The van der Waals surface area contributed by atoms with E-state index in [1.54, 1.807) is 7.11 Å². The maximum atomic E-state index is 9.21. The summed E-state index contributed by atoms with van der Waals surface area (Å²) in [7, 11) is 1.69. The van der Waals surface area contributed by atoms with Crippen molar-refractivity contribution < 1.29 is 9.84 Å². The molecule has 2 heteroatoms. The minimum atomic E-state index is -0.250. The third kappa shape index (κ3) is 2.74. The molecule has 2 nitrogen and oxygen atoms in total. The average molecular weight is 194 g/mol. The predicted octanol–water partition coefficient (Wildman–Crippen LogP) is 2.32. The Kier molecular flexibility index (Phi) is 3.96. The Morgan fingerprint density at radius 1 is 1.43 bits per heavy atom. The lowest BCUT2D eigenvalue weighted by Crippen LogP contribution is -2.03. The minimum absolute atomic E-state index is 0.250. The highest BCUT2D eigenvalue weighted by atomic mass is 16.5. The van der Waals surface area contributed by atoms with E-state index >= 15 is 0 Å². The van der Waals surface area contributed by atoms with Crippen LogP contribution in [0.25, 0.3) is 0 Å². The van der Waals surface area contributed by atoms with E-state index in [2.05, 4.69) is 0 Å². The Morgan fingerprint density at radius 3 is 2.71 bits per heavy atom. The molecule has 0 radical (unpaired) electrons. The van der Waals surface area contributed by atoms with Gasteiger partial charge in [0.25, 0.3) is 0 Å². The van der Waals surface area contributed by atoms with Crippen molar-refractivity contribution in [2.75, 3.05) is 7.11 Å². The van der Waals surface area contributed by atoms with Gasteiger partial charge in [-0.3, -0.25) is 0 Å². The number of para-hydroxylation sites is 1. The van der Waals surface area contributed by atoms with Crippen LogP contribution in [0.4, 0.5) is 0 Å². The van der Waals surface area contributed by atoms with Crippen molar-refractivity contribution in [2.24, 2.45) is 0 Å². The van der Waals surface area contributed by atoms with Crippen molar-refractivity contribution in [3.63, 3.8) is 0 Å². The third-order valence-corrected chi connectivity index (χ3v) is 2.33. The van der Waals surface area contributed by atoms with E-state index in [0.29, 0.717) is 0 Å². The maximum absolute atomic E-state index is 9.21. The summed E-state index contributed by atoms with van der Waals surface area (Å²) in [4.78, 5) is 0. The van der Waals surface area contributed by atoms with E-state index < -0.39 is 0 Å². The number of aliphatic hydroxyl groups is 1. The number of hydrogen-bond donors (Lipinski definition) is 1. The molecule has 0 saturated heterocycles. The van der Waals surface area contributed by atoms with Gasteiger partial charge in [0.15, 0.2) is 0 Å². The Balaban J connectivity index is 2.80. The van der Waals surface area contributed by atoms with Gasteiger partial charge in [-0.1, -0.05) is 18.2 Å². The molecule has 0 spiro atoms. The van der Waals surface area contributed by atoms with Gasteiger partial charge in [-0.2, -0.15) is 0 Å². The Hall–Kier alpha value is -1.02. The van der Waals surface area contributed by atoms with Gasteiger partial charge in [0, 0.05) is 0 Å². The second-order valence-corrected chi connectivity index (χ2v) is 3.65. The summed E-state index contributed by atoms with van der Waals surface area (Å²) < 4.78 is 5.33. The second kappa shape index (κ2) is 5.01. The molecular formula is C12H18O2. The van der Waals surface area contributed by atoms with Crippen LogP contribution in [0.5, 0.6) is 5.75 Å². The monoisotopic (exact) mass is 194 g/mol. The summed E-state index contributed by atoms with van der Waals surface area (Å²) in [6.07, 6.45) is 1.39. The van der Waals surface area contributed by atoms with Crippen molar-refractivity contribution in [1.82, 2.24) is 0 Å². The minimum Gasteiger partial charge on any atom is -0.496 e. The molecule has 0 saturated carbocycles. The van der Waals surface area contributed by atoms with E-state index in [0.717, 1.165) is 24.2 Å². The van der Waals surface area contributed by atoms with Crippen molar-refractivity contribution in [1.29, 1.82) is 0 Å². The van der Waals surface area contributed by atoms with Crippen LogP contribution in [0, 0.1) is 6.92 Å². The summed E-state index contributed by atoms with van der Waals surface area (Å²) >= 11 is 0. The lowest BCUT2D eigenvalue weighted by atomic mass is 10.0. The van der Waals surface area contributed by atoms with Crippen molar-refractivity contribution >= 4 is 0 Å². The molecule has 0 aliphatic rings. The van der Waals surface area contributed by atoms with Gasteiger partial charge in [-0.15, -0.1) is 0 Å². The van der Waals surface area contributed by atoms with Gasteiger partial charge in [-0.25, -0.2) is 0 Å². The number of hydrogen-bond acceptors (Lipinski definition) is 2. The molecule has 0 amide bonds. The SMILES string of the molecule is COc1c(C)cccc1CC[C@H](C)O. The molecule has 0 aliphatic heterocycles. The fourth-order valence-corrected chi connectivity index (χ4v) is 1.57. The van der Waals surface area contributed by atoms with Crippen LogP contribution in [0.15, 0.2) is 18.2 Å². The van der Waals surface area contributed by atoms with Crippen LogP contribution in [-0.4, -0.2) is 18.3 Å². The zero-order chi connectivity index (χ0) is 10.6. The highest BCUT2D eigenvalue weighted by Gasteiger charge is 2.06. The van der Waals surface area contributed by atoms with Crippen LogP contribution < -0.4 is 4.74 Å². The molecule has 1 aromatic rings. The molecule has 0 unspecified atom stereocenters. The van der Waals surface area contributed by atoms with E-state index in [1.165, 1.54) is 5.56 Å². The molecule has 0 bridgehead atoms. The largest absolute Gasteiger partial charge is 0.496 e. The van der Waals surface area contributed by atoms with Gasteiger partial charge in [-0.05, 0) is 37.8 Å². The quantitative estimate of drug-likeness (QED) is 0.797. The van der Waals surface area contributed by atoms with E-state index in [-0.39, 0.29) is 6.10 Å². The molecule has 1 atom stereocenters. The van der Waals surface area contributed by atoms with Crippen LogP contribution in [0.2, 0.25) is 0 Å². The first-order valence-electron chi connectivity index (χ1n) is 4.95. The number of rotatable bonds is 4. The lowest BCUT2D eigenvalue weighted by Gasteiger charge is -2.11. The first-order valence-corrected chi connectivity index (χ1v) is 4.95. The van der Waals surface area contributed by atoms with Crippen molar-refractivity contribution in [2.45, 2.75) is 32.8 Å². The zero-order valence-corrected chi connectivity index (χ0v) is 9.08. The normalized spacial score (nSPS) is 12.6. The smallest absolute Gasteiger partial charge is 0.124 e. The molecule has 0 heterocycles. The van der Waals surface area contributed by atoms with Crippen LogP contribution in [0.3, 0.4) is 0 Å². The van der Waals surface area contributed by atoms with E-state index in [1.807, 2.05) is 32.0 Å². The fourth-order valence-electron chi connectivity index (χ4n) is 1.57. The number of aryl methyl sites for hydroxylation is 2. The fraction of sp³-hybridized carbons (Fsp3) is 0.500. The summed E-state index contributed by atoms with van der Waals surface area (Å²) in [6.45, 7) is 3.84. The predicted molar refractivity (Wildman–Crippen MR) is 57.7 cm³/mol. The van der Waals surface area contributed by atoms with Crippen LogP contribution >= 0.6 is 0 Å². The Bertz CT molecular complexity index is 292. The first-order chi connectivity index (χ1) is 6.65. The average Bonchev–Trinajstić information content (AvgIpc) is 2.14. The standard InChI is InChI=1S/C12H18O2/c1-9-5-4-6-11(12(9)14-3)8-7-10(2)13/h4-6,10,13H,7-8H2,1-3H3/t10-/m0/s1. The van der Waals surface area contributed by atoms with Crippen LogP contribution in [-0.2, 0) is 6.42 Å². The molecule has 0 fully saturated rings.